The molecule has 100 valence electrons. The molecule has 4 N–H and O–H groups in total. The highest BCUT2D eigenvalue weighted by Crippen LogP contribution is 2.18. The van der Waals surface area contributed by atoms with Crippen LogP contribution in [0.25, 0.3) is 10.8 Å². The summed E-state index contributed by atoms with van der Waals surface area (Å²) in [6, 6.07) is 14.4. The molecule has 4 nitrogen and oxygen atoms in total. The molecule has 0 heterocycles. The van der Waals surface area contributed by atoms with Gasteiger partial charge in [-0.05, 0) is 29.3 Å². The van der Waals surface area contributed by atoms with E-state index in [-0.39, 0.29) is 0 Å². The Hall–Kier alpha value is -2.07. The molecule has 19 heavy (non-hydrogen) atoms. The second-order valence-corrected chi connectivity index (χ2v) is 4.42. The smallest absolute Gasteiger partial charge is 0.210 e. The van der Waals surface area contributed by atoms with E-state index in [0.717, 1.165) is 25.1 Å². The number of nitrogens with two attached hydrogens (primary N) is 1. The number of benzene rings is 2. The maximum atomic E-state index is 5.47. The van der Waals surface area contributed by atoms with Gasteiger partial charge >= 0.3 is 0 Å². The van der Waals surface area contributed by atoms with Crippen LogP contribution in [0.2, 0.25) is 0 Å². The lowest BCUT2D eigenvalue weighted by Crippen LogP contribution is -2.36. The first-order chi connectivity index (χ1) is 9.33. The largest absolute Gasteiger partial charge is 0.325 e. The van der Waals surface area contributed by atoms with Gasteiger partial charge in [-0.2, -0.15) is 0 Å². The van der Waals surface area contributed by atoms with Gasteiger partial charge in [0.1, 0.15) is 0 Å². The summed E-state index contributed by atoms with van der Waals surface area (Å²) in [6.07, 6.45) is 2.18. The Kier molecular flexibility index (Phi) is 4.75. The molecular formula is C15H20N4. The molecule has 0 bridgehead atoms. The van der Waals surface area contributed by atoms with Crippen LogP contribution in [0.5, 0.6) is 0 Å². The Labute approximate surface area is 113 Å². The van der Waals surface area contributed by atoms with Crippen LogP contribution in [0.1, 0.15) is 19.8 Å². The van der Waals surface area contributed by atoms with Crippen molar-refractivity contribution < 1.29 is 0 Å². The van der Waals surface area contributed by atoms with E-state index < -0.39 is 0 Å². The molecule has 0 spiro atoms. The number of hydrogen-bond acceptors (Lipinski definition) is 2. The summed E-state index contributed by atoms with van der Waals surface area (Å²) >= 11 is 0. The molecule has 0 aliphatic rings. The van der Waals surface area contributed by atoms with Crippen LogP contribution >= 0.6 is 0 Å². The molecule has 0 unspecified atom stereocenters. The minimum absolute atomic E-state index is 0.601. The minimum atomic E-state index is 0.601. The summed E-state index contributed by atoms with van der Waals surface area (Å²) in [5.41, 5.74) is 3.57. The number of nitrogens with one attached hydrogen (secondary N) is 2. The fourth-order valence-corrected chi connectivity index (χ4v) is 1.87. The Morgan fingerprint density at radius 3 is 2.68 bits per heavy atom. The summed E-state index contributed by atoms with van der Waals surface area (Å²) in [4.78, 5) is 4.38. The molecule has 2 aromatic rings. The molecule has 2 rings (SSSR count). The zero-order chi connectivity index (χ0) is 13.5. The predicted octanol–water partition coefficient (Wildman–Crippen LogP) is 2.87. The number of aliphatic imine (C=N–C) groups is 1. The third-order valence-electron chi connectivity index (χ3n) is 2.93. The van der Waals surface area contributed by atoms with E-state index in [1.165, 1.54) is 10.8 Å². The highest BCUT2D eigenvalue weighted by molar-refractivity contribution is 5.96. The second-order valence-electron chi connectivity index (χ2n) is 4.42. The molecule has 0 saturated heterocycles. The summed E-state index contributed by atoms with van der Waals surface area (Å²) in [6.45, 7) is 2.92. The SMILES string of the molecule is CCCCN=C(NN)Nc1ccc2ccccc2c1. The number of fused-ring (bicyclic) bond motifs is 1. The number of anilines is 1. The van der Waals surface area contributed by atoms with E-state index in [0.29, 0.717) is 5.96 Å². The fraction of sp³-hybridized carbons (Fsp3) is 0.267. The van der Waals surface area contributed by atoms with Gasteiger partial charge in [-0.15, -0.1) is 0 Å². The molecule has 0 aliphatic heterocycles. The van der Waals surface area contributed by atoms with Crippen molar-refractivity contribution in [3.05, 3.63) is 42.5 Å². The minimum Gasteiger partial charge on any atom is -0.325 e. The van der Waals surface area contributed by atoms with Gasteiger partial charge in [-0.1, -0.05) is 43.7 Å². The van der Waals surface area contributed by atoms with Gasteiger partial charge in [0, 0.05) is 12.2 Å². The lowest BCUT2D eigenvalue weighted by molar-refractivity contribution is 0.801. The summed E-state index contributed by atoms with van der Waals surface area (Å²) < 4.78 is 0. The number of guanidine groups is 1. The highest BCUT2D eigenvalue weighted by Gasteiger charge is 1.99. The van der Waals surface area contributed by atoms with Gasteiger partial charge < -0.3 is 5.32 Å². The van der Waals surface area contributed by atoms with Gasteiger partial charge in [-0.25, -0.2) is 5.84 Å². The molecule has 0 saturated carbocycles. The number of hydrazine groups is 1. The molecule has 0 aromatic heterocycles. The van der Waals surface area contributed by atoms with E-state index in [4.69, 9.17) is 5.84 Å². The van der Waals surface area contributed by atoms with Gasteiger partial charge in [0.15, 0.2) is 0 Å². The zero-order valence-electron chi connectivity index (χ0n) is 11.2. The van der Waals surface area contributed by atoms with Crippen molar-refractivity contribution in [1.29, 1.82) is 0 Å². The molecule has 0 atom stereocenters. The van der Waals surface area contributed by atoms with Crippen molar-refractivity contribution >= 4 is 22.4 Å². The Morgan fingerprint density at radius 2 is 1.95 bits per heavy atom. The van der Waals surface area contributed by atoms with Crippen LogP contribution in [0, 0.1) is 0 Å². The molecule has 0 amide bonds. The van der Waals surface area contributed by atoms with Crippen LogP contribution in [0.3, 0.4) is 0 Å². The van der Waals surface area contributed by atoms with Crippen molar-refractivity contribution in [1.82, 2.24) is 5.43 Å². The lowest BCUT2D eigenvalue weighted by Gasteiger charge is -2.10. The Balaban J connectivity index is 2.13. The van der Waals surface area contributed by atoms with E-state index in [1.54, 1.807) is 0 Å². The Morgan fingerprint density at radius 1 is 1.16 bits per heavy atom. The molecule has 0 fully saturated rings. The van der Waals surface area contributed by atoms with Crippen LogP contribution < -0.4 is 16.6 Å². The van der Waals surface area contributed by atoms with Gasteiger partial charge in [0.25, 0.3) is 0 Å². The average molecular weight is 256 g/mol. The number of rotatable bonds is 4. The van der Waals surface area contributed by atoms with Crippen LogP contribution in [-0.4, -0.2) is 12.5 Å². The van der Waals surface area contributed by atoms with Gasteiger partial charge in [0.05, 0.1) is 0 Å². The first-order valence-electron chi connectivity index (χ1n) is 6.60. The van der Waals surface area contributed by atoms with Crippen molar-refractivity contribution in [2.45, 2.75) is 19.8 Å². The van der Waals surface area contributed by atoms with Crippen molar-refractivity contribution in [2.75, 3.05) is 11.9 Å². The van der Waals surface area contributed by atoms with Crippen molar-refractivity contribution in [3.63, 3.8) is 0 Å². The number of hydrogen-bond donors (Lipinski definition) is 3. The quantitative estimate of drug-likeness (QED) is 0.259. The number of nitrogens with zero attached hydrogens (tertiary/aromatic N) is 1. The van der Waals surface area contributed by atoms with Crippen LogP contribution in [0.4, 0.5) is 5.69 Å². The van der Waals surface area contributed by atoms with E-state index in [2.05, 4.69) is 46.9 Å². The van der Waals surface area contributed by atoms with Gasteiger partial charge in [0.2, 0.25) is 5.96 Å². The Bertz CT molecular complexity index is 563. The molecule has 0 radical (unpaired) electrons. The predicted molar refractivity (Wildman–Crippen MR) is 82.1 cm³/mol. The fourth-order valence-electron chi connectivity index (χ4n) is 1.87. The van der Waals surface area contributed by atoms with Crippen LogP contribution in [-0.2, 0) is 0 Å². The zero-order valence-corrected chi connectivity index (χ0v) is 11.2. The first-order valence-corrected chi connectivity index (χ1v) is 6.60. The monoisotopic (exact) mass is 256 g/mol. The summed E-state index contributed by atoms with van der Waals surface area (Å²) in [5.74, 6) is 6.07. The molecule has 4 heteroatoms. The normalized spacial score (nSPS) is 11.6. The third kappa shape index (κ3) is 3.69. The number of unbranched alkanes of at least 4 members (excludes halogenated alkanes) is 1. The van der Waals surface area contributed by atoms with Crippen molar-refractivity contribution in [2.24, 2.45) is 10.8 Å². The van der Waals surface area contributed by atoms with Crippen LogP contribution in [0.15, 0.2) is 47.5 Å². The van der Waals surface area contributed by atoms with E-state index >= 15 is 0 Å². The standard InChI is InChI=1S/C15H20N4/c1-2-3-10-17-15(19-16)18-14-9-8-12-6-4-5-7-13(12)11-14/h4-9,11H,2-3,10,16H2,1H3,(H2,17,18,19). The third-order valence-corrected chi connectivity index (χ3v) is 2.93. The first kappa shape index (κ1) is 13.4. The molecular weight excluding hydrogens is 236 g/mol. The second kappa shape index (κ2) is 6.75. The molecule has 0 aliphatic carbocycles. The van der Waals surface area contributed by atoms with E-state index in [9.17, 15) is 0 Å². The maximum absolute atomic E-state index is 5.47. The molecule has 2 aromatic carbocycles. The van der Waals surface area contributed by atoms with Gasteiger partial charge in [-0.3, -0.25) is 10.4 Å². The highest BCUT2D eigenvalue weighted by atomic mass is 15.3. The topological polar surface area (TPSA) is 62.4 Å². The summed E-state index contributed by atoms with van der Waals surface area (Å²) in [5, 5.41) is 5.61. The summed E-state index contributed by atoms with van der Waals surface area (Å²) in [7, 11) is 0. The van der Waals surface area contributed by atoms with Crippen molar-refractivity contribution in [3.8, 4) is 0 Å². The average Bonchev–Trinajstić information content (AvgIpc) is 2.46. The van der Waals surface area contributed by atoms with E-state index in [1.807, 2.05) is 18.2 Å². The maximum Gasteiger partial charge on any atom is 0.210 e. The lowest BCUT2D eigenvalue weighted by atomic mass is 10.1.